The second-order valence-corrected chi connectivity index (χ2v) is 8.58. The molecule has 1 saturated heterocycles. The van der Waals surface area contributed by atoms with Crippen LogP contribution in [0.25, 0.3) is 33.1 Å². The smallest absolute Gasteiger partial charge is 0.199 e. The molecule has 34 heavy (non-hydrogen) atoms. The van der Waals surface area contributed by atoms with Gasteiger partial charge < -0.3 is 24.9 Å². The summed E-state index contributed by atoms with van der Waals surface area (Å²) in [6.45, 7) is 6.51. The Balaban J connectivity index is 0.00000274. The fourth-order valence-corrected chi connectivity index (χ4v) is 4.67. The van der Waals surface area contributed by atoms with Gasteiger partial charge in [-0.05, 0) is 36.6 Å². The molecular formula is C26H31ClN4O3. The predicted octanol–water partition coefficient (Wildman–Crippen LogP) is 5.00. The van der Waals surface area contributed by atoms with Crippen LogP contribution < -0.4 is 10.1 Å². The summed E-state index contributed by atoms with van der Waals surface area (Å²) in [5, 5.41) is 16.1. The van der Waals surface area contributed by atoms with Crippen LogP contribution in [-0.2, 0) is 11.2 Å². The van der Waals surface area contributed by atoms with Crippen LogP contribution in [0.1, 0.15) is 32.3 Å². The number of H-pyrrole nitrogens is 1. The maximum absolute atomic E-state index is 10.8. The van der Waals surface area contributed by atoms with Gasteiger partial charge in [-0.1, -0.05) is 32.4 Å². The molecule has 0 aliphatic carbocycles. The Hall–Kier alpha value is -2.87. The second-order valence-electron chi connectivity index (χ2n) is 8.58. The van der Waals surface area contributed by atoms with E-state index in [2.05, 4.69) is 52.3 Å². The minimum absolute atomic E-state index is 0. The Morgan fingerprint density at radius 3 is 2.76 bits per heavy atom. The number of fused-ring (bicyclic) bond motifs is 2. The molecule has 8 heteroatoms. The minimum atomic E-state index is 0. The monoisotopic (exact) mass is 482 g/mol. The molecule has 2 unspecified atom stereocenters. The molecule has 5 rings (SSSR count). The lowest BCUT2D eigenvalue weighted by atomic mass is 10.0. The van der Waals surface area contributed by atoms with Gasteiger partial charge in [0.05, 0.1) is 36.0 Å². The lowest BCUT2D eigenvalue weighted by molar-refractivity contribution is 0.0267. The third-order valence-corrected chi connectivity index (χ3v) is 6.32. The molecule has 0 amide bonds. The molecule has 180 valence electrons. The van der Waals surface area contributed by atoms with Gasteiger partial charge in [0, 0.05) is 28.9 Å². The molecule has 3 N–H and O–H groups in total. The van der Waals surface area contributed by atoms with Gasteiger partial charge in [-0.15, -0.1) is 12.4 Å². The third-order valence-electron chi connectivity index (χ3n) is 6.32. The van der Waals surface area contributed by atoms with E-state index < -0.39 is 0 Å². The van der Waals surface area contributed by atoms with Crippen LogP contribution in [0.5, 0.6) is 11.6 Å². The fraction of sp³-hybridized carbons (Fsp3) is 0.385. The summed E-state index contributed by atoms with van der Waals surface area (Å²) >= 11 is 0. The van der Waals surface area contributed by atoms with Gasteiger partial charge in [0.2, 0.25) is 0 Å². The van der Waals surface area contributed by atoms with Crippen molar-refractivity contribution >= 4 is 34.2 Å². The summed E-state index contributed by atoms with van der Waals surface area (Å²) in [7, 11) is 0. The van der Waals surface area contributed by atoms with E-state index in [-0.39, 0.29) is 30.4 Å². The van der Waals surface area contributed by atoms with Crippen molar-refractivity contribution in [2.75, 3.05) is 19.8 Å². The summed E-state index contributed by atoms with van der Waals surface area (Å²) in [4.78, 5) is 12.1. The normalized spacial score (nSPS) is 16.9. The van der Waals surface area contributed by atoms with E-state index in [0.29, 0.717) is 17.9 Å². The quantitative estimate of drug-likeness (QED) is 0.343. The highest BCUT2D eigenvalue weighted by atomic mass is 35.5. The topological polar surface area (TPSA) is 92.3 Å². The van der Waals surface area contributed by atoms with Crippen molar-refractivity contribution in [1.29, 1.82) is 0 Å². The average Bonchev–Trinajstić information content (AvgIpc) is 3.17. The van der Waals surface area contributed by atoms with Crippen molar-refractivity contribution in [3.05, 3.63) is 48.3 Å². The van der Waals surface area contributed by atoms with Gasteiger partial charge in [0.1, 0.15) is 18.2 Å². The van der Waals surface area contributed by atoms with Gasteiger partial charge in [-0.3, -0.25) is 0 Å². The highest BCUT2D eigenvalue weighted by molar-refractivity contribution is 6.05. The number of hydrogen-bond acceptors (Lipinski definition) is 6. The maximum Gasteiger partial charge on any atom is 0.199 e. The largest absolute Gasteiger partial charge is 0.494 e. The Labute approximate surface area is 205 Å². The van der Waals surface area contributed by atoms with Crippen LogP contribution in [-0.4, -0.2) is 52.0 Å². The van der Waals surface area contributed by atoms with Crippen molar-refractivity contribution in [2.45, 2.75) is 45.3 Å². The molecule has 1 fully saturated rings. The maximum atomic E-state index is 10.8. The van der Waals surface area contributed by atoms with Gasteiger partial charge in [-0.2, -0.15) is 0 Å². The van der Waals surface area contributed by atoms with E-state index in [9.17, 15) is 5.11 Å². The number of halogens is 1. The summed E-state index contributed by atoms with van der Waals surface area (Å²) < 4.78 is 11.9. The fourth-order valence-electron chi connectivity index (χ4n) is 4.67. The first-order valence-electron chi connectivity index (χ1n) is 11.7. The molecule has 3 heterocycles. The standard InChI is InChI=1S/C26H30N4O3.ClH/c1-3-5-16-6-8-18-21(12-16)30-26(31)24(18)25-19-9-7-17(13-20(19)28-15-29-25)33-23(4-2)22-14-32-11-10-27-22;/h6-9,12-13,15,22-23,27,30-31H,3-5,10-11,14H2,1-2H3;1H. The number of aryl methyl sites for hydroxylation is 1. The molecule has 0 radical (unpaired) electrons. The summed E-state index contributed by atoms with van der Waals surface area (Å²) in [5.74, 6) is 0.882. The molecule has 2 aromatic heterocycles. The number of aromatic hydroxyl groups is 1. The molecule has 1 aliphatic rings. The molecule has 0 spiro atoms. The van der Waals surface area contributed by atoms with E-state index in [4.69, 9.17) is 9.47 Å². The molecule has 0 saturated carbocycles. The Kier molecular flexibility index (Phi) is 7.56. The van der Waals surface area contributed by atoms with E-state index in [0.717, 1.165) is 60.0 Å². The zero-order valence-corrected chi connectivity index (χ0v) is 20.3. The number of aromatic amines is 1. The van der Waals surface area contributed by atoms with Crippen molar-refractivity contribution in [1.82, 2.24) is 20.3 Å². The van der Waals surface area contributed by atoms with Crippen molar-refractivity contribution in [3.63, 3.8) is 0 Å². The van der Waals surface area contributed by atoms with Gasteiger partial charge in [-0.25, -0.2) is 9.97 Å². The van der Waals surface area contributed by atoms with E-state index in [1.165, 1.54) is 5.56 Å². The lowest BCUT2D eigenvalue weighted by Gasteiger charge is -2.31. The van der Waals surface area contributed by atoms with E-state index in [1.54, 1.807) is 6.33 Å². The van der Waals surface area contributed by atoms with Crippen LogP contribution >= 0.6 is 12.4 Å². The van der Waals surface area contributed by atoms with Crippen LogP contribution in [0.2, 0.25) is 0 Å². The molecule has 7 nitrogen and oxygen atoms in total. The van der Waals surface area contributed by atoms with E-state index in [1.807, 2.05) is 18.2 Å². The van der Waals surface area contributed by atoms with E-state index >= 15 is 0 Å². The zero-order valence-electron chi connectivity index (χ0n) is 19.5. The summed E-state index contributed by atoms with van der Waals surface area (Å²) in [5.41, 5.74) is 4.33. The van der Waals surface area contributed by atoms with Crippen LogP contribution in [0.4, 0.5) is 0 Å². The predicted molar refractivity (Wildman–Crippen MR) is 137 cm³/mol. The number of benzene rings is 2. The first-order valence-corrected chi connectivity index (χ1v) is 11.7. The molecule has 0 bridgehead atoms. The number of ether oxygens (including phenoxy) is 2. The molecule has 2 atom stereocenters. The number of morpholine rings is 1. The zero-order chi connectivity index (χ0) is 22.8. The SMILES string of the molecule is CCCc1ccc2c(-c3ncnc4cc(OC(CC)C5COCCN5)ccc34)c(O)[nH]c2c1.Cl. The minimum Gasteiger partial charge on any atom is -0.494 e. The second kappa shape index (κ2) is 10.6. The highest BCUT2D eigenvalue weighted by Gasteiger charge is 2.24. The third kappa shape index (κ3) is 4.69. The van der Waals surface area contributed by atoms with Gasteiger partial charge in [0.15, 0.2) is 5.88 Å². The van der Waals surface area contributed by atoms with Crippen molar-refractivity contribution in [3.8, 4) is 22.9 Å². The Bertz CT molecular complexity index is 1270. The number of hydrogen-bond donors (Lipinski definition) is 3. The Morgan fingerprint density at radius 2 is 2.00 bits per heavy atom. The van der Waals surface area contributed by atoms with Crippen LogP contribution in [0, 0.1) is 0 Å². The highest BCUT2D eigenvalue weighted by Crippen LogP contribution is 2.39. The first-order chi connectivity index (χ1) is 16.2. The molecule has 4 aromatic rings. The average molecular weight is 483 g/mol. The number of nitrogens with zero attached hydrogens (tertiary/aromatic N) is 2. The number of nitrogens with one attached hydrogen (secondary N) is 2. The number of rotatable bonds is 7. The molecular weight excluding hydrogens is 452 g/mol. The number of aromatic nitrogens is 3. The molecule has 1 aliphatic heterocycles. The van der Waals surface area contributed by atoms with Gasteiger partial charge in [0.25, 0.3) is 0 Å². The summed E-state index contributed by atoms with van der Waals surface area (Å²) in [6.07, 6.45) is 4.51. The van der Waals surface area contributed by atoms with Crippen molar-refractivity contribution < 1.29 is 14.6 Å². The Morgan fingerprint density at radius 1 is 1.15 bits per heavy atom. The van der Waals surface area contributed by atoms with Crippen LogP contribution in [0.15, 0.2) is 42.7 Å². The molecule has 2 aromatic carbocycles. The first kappa shape index (κ1) is 24.3. The van der Waals surface area contributed by atoms with Gasteiger partial charge >= 0.3 is 0 Å². The van der Waals surface area contributed by atoms with Crippen molar-refractivity contribution in [2.24, 2.45) is 0 Å². The van der Waals surface area contributed by atoms with Crippen LogP contribution in [0.3, 0.4) is 0 Å². The summed E-state index contributed by atoms with van der Waals surface area (Å²) in [6, 6.07) is 12.3. The lowest BCUT2D eigenvalue weighted by Crippen LogP contribution is -2.50.